The molecule has 3 rings (SSSR count). The lowest BCUT2D eigenvalue weighted by atomic mass is 9.87. The summed E-state index contributed by atoms with van der Waals surface area (Å²) in [6.45, 7) is 1.27. The lowest BCUT2D eigenvalue weighted by Gasteiger charge is -2.34. The van der Waals surface area contributed by atoms with Crippen LogP contribution in [0.2, 0.25) is 0 Å². The molecule has 0 aliphatic carbocycles. The van der Waals surface area contributed by atoms with E-state index < -0.39 is 6.10 Å². The molecule has 2 aromatic rings. The normalized spacial score (nSPS) is 17.3. The molecule has 3 nitrogen and oxygen atoms in total. The van der Waals surface area contributed by atoms with E-state index in [4.69, 9.17) is 0 Å². The van der Waals surface area contributed by atoms with Crippen LogP contribution in [0, 0.1) is 11.7 Å². The molecule has 1 aliphatic heterocycles. The Balaban J connectivity index is 1.53. The first kappa shape index (κ1) is 16.9. The van der Waals surface area contributed by atoms with Gasteiger partial charge in [-0.3, -0.25) is 4.79 Å². The number of rotatable bonds is 4. The number of carbonyl (C=O) groups is 1. The Bertz CT molecular complexity index is 689. The average molecular weight is 345 g/mol. The van der Waals surface area contributed by atoms with Gasteiger partial charge in [-0.15, -0.1) is 0 Å². The molecule has 1 N–H and O–H groups in total. The van der Waals surface area contributed by atoms with Crippen LogP contribution < -0.4 is 0 Å². The van der Waals surface area contributed by atoms with E-state index in [1.54, 1.807) is 29.5 Å². The first-order valence-corrected chi connectivity index (χ1v) is 9.00. The third kappa shape index (κ3) is 4.10. The molecular weight excluding hydrogens is 325 g/mol. The molecule has 1 atom stereocenters. The Morgan fingerprint density at radius 1 is 1.25 bits per heavy atom. The Morgan fingerprint density at radius 2 is 1.96 bits per heavy atom. The summed E-state index contributed by atoms with van der Waals surface area (Å²) in [4.78, 5) is 14.0. The molecule has 2 heterocycles. The fourth-order valence-electron chi connectivity index (χ4n) is 3.01. The van der Waals surface area contributed by atoms with Gasteiger partial charge in [-0.1, -0.05) is 12.1 Å². The van der Waals surface area contributed by atoms with E-state index in [2.05, 4.69) is 0 Å². The van der Waals surface area contributed by atoms with Gasteiger partial charge in [0.15, 0.2) is 0 Å². The highest BCUT2D eigenvalue weighted by Gasteiger charge is 2.27. The topological polar surface area (TPSA) is 40.5 Å². The van der Waals surface area contributed by atoms with Gasteiger partial charge in [-0.25, -0.2) is 4.39 Å². The SMILES string of the molecule is O=C(C=Cc1ccsc1)N1CCC(C(O)c2ccc(F)cc2)CC1. The standard InChI is InChI=1S/C19H20FNO2S/c20-17-4-2-15(3-5-17)19(23)16-7-10-21(11-8-16)18(22)6-1-14-9-12-24-13-14/h1-6,9,12-13,16,19,23H,7-8,10-11H2. The van der Waals surface area contributed by atoms with E-state index in [1.807, 2.05) is 27.8 Å². The van der Waals surface area contributed by atoms with Gasteiger partial charge in [0.2, 0.25) is 5.91 Å². The highest BCUT2D eigenvalue weighted by atomic mass is 32.1. The number of aliphatic hydroxyl groups is 1. The predicted molar refractivity (Wildman–Crippen MR) is 94.0 cm³/mol. The minimum atomic E-state index is -0.607. The minimum absolute atomic E-state index is 0.0101. The van der Waals surface area contributed by atoms with Crippen LogP contribution in [0.5, 0.6) is 0 Å². The van der Waals surface area contributed by atoms with Crippen molar-refractivity contribution >= 4 is 23.3 Å². The number of hydrogen-bond donors (Lipinski definition) is 1. The van der Waals surface area contributed by atoms with Crippen molar-refractivity contribution in [2.75, 3.05) is 13.1 Å². The molecule has 1 aliphatic rings. The molecular formula is C19H20FNO2S. The largest absolute Gasteiger partial charge is 0.388 e. The summed E-state index contributed by atoms with van der Waals surface area (Å²) in [7, 11) is 0. The van der Waals surface area contributed by atoms with Gasteiger partial charge in [-0.2, -0.15) is 11.3 Å². The number of halogens is 1. The molecule has 1 aromatic carbocycles. The number of nitrogens with zero attached hydrogens (tertiary/aromatic N) is 1. The number of piperidine rings is 1. The van der Waals surface area contributed by atoms with Gasteiger partial charge in [0.05, 0.1) is 6.10 Å². The highest BCUT2D eigenvalue weighted by molar-refractivity contribution is 7.08. The molecule has 0 saturated carbocycles. The van der Waals surface area contributed by atoms with E-state index in [9.17, 15) is 14.3 Å². The van der Waals surface area contributed by atoms with Crippen LogP contribution in [-0.2, 0) is 4.79 Å². The number of carbonyl (C=O) groups excluding carboxylic acids is 1. The van der Waals surface area contributed by atoms with Crippen LogP contribution in [-0.4, -0.2) is 29.0 Å². The molecule has 5 heteroatoms. The van der Waals surface area contributed by atoms with Crippen molar-refractivity contribution in [3.63, 3.8) is 0 Å². The Kier molecular flexibility index (Phi) is 5.43. The molecule has 1 fully saturated rings. The lowest BCUT2D eigenvalue weighted by molar-refractivity contribution is -0.127. The monoisotopic (exact) mass is 345 g/mol. The van der Waals surface area contributed by atoms with Gasteiger partial charge >= 0.3 is 0 Å². The fraction of sp³-hybridized carbons (Fsp3) is 0.316. The second-order valence-corrected chi connectivity index (χ2v) is 6.83. The number of benzene rings is 1. The summed E-state index contributed by atoms with van der Waals surface area (Å²) in [6.07, 6.45) is 4.33. The van der Waals surface area contributed by atoms with E-state index in [0.717, 1.165) is 24.0 Å². The molecule has 1 amide bonds. The van der Waals surface area contributed by atoms with Crippen molar-refractivity contribution in [2.24, 2.45) is 5.92 Å². The summed E-state index contributed by atoms with van der Waals surface area (Å²) < 4.78 is 13.0. The molecule has 0 bridgehead atoms. The summed E-state index contributed by atoms with van der Waals surface area (Å²) >= 11 is 1.60. The first-order chi connectivity index (χ1) is 11.6. The first-order valence-electron chi connectivity index (χ1n) is 8.06. The third-order valence-corrected chi connectivity index (χ3v) is 5.17. The van der Waals surface area contributed by atoms with Crippen LogP contribution >= 0.6 is 11.3 Å². The third-order valence-electron chi connectivity index (χ3n) is 4.47. The quantitative estimate of drug-likeness (QED) is 0.855. The van der Waals surface area contributed by atoms with Gasteiger partial charge < -0.3 is 10.0 Å². The van der Waals surface area contributed by atoms with Crippen molar-refractivity contribution in [2.45, 2.75) is 18.9 Å². The number of aliphatic hydroxyl groups excluding tert-OH is 1. The second kappa shape index (κ2) is 7.73. The minimum Gasteiger partial charge on any atom is -0.388 e. The maximum absolute atomic E-state index is 13.0. The van der Waals surface area contributed by atoms with Crippen molar-refractivity contribution in [3.05, 3.63) is 64.1 Å². The van der Waals surface area contributed by atoms with Crippen molar-refractivity contribution in [1.29, 1.82) is 0 Å². The molecule has 0 radical (unpaired) electrons. The number of hydrogen-bond acceptors (Lipinski definition) is 3. The van der Waals surface area contributed by atoms with Gasteiger partial charge in [0, 0.05) is 19.2 Å². The zero-order valence-electron chi connectivity index (χ0n) is 13.3. The van der Waals surface area contributed by atoms with E-state index >= 15 is 0 Å². The van der Waals surface area contributed by atoms with Gasteiger partial charge in [0.25, 0.3) is 0 Å². The maximum atomic E-state index is 13.0. The van der Waals surface area contributed by atoms with Crippen LogP contribution in [0.3, 0.4) is 0 Å². The van der Waals surface area contributed by atoms with Crippen LogP contribution in [0.25, 0.3) is 6.08 Å². The van der Waals surface area contributed by atoms with Gasteiger partial charge in [-0.05, 0) is 64.9 Å². The Morgan fingerprint density at radius 3 is 2.58 bits per heavy atom. The highest BCUT2D eigenvalue weighted by Crippen LogP contribution is 2.30. The molecule has 126 valence electrons. The summed E-state index contributed by atoms with van der Waals surface area (Å²) in [6, 6.07) is 7.96. The summed E-state index contributed by atoms with van der Waals surface area (Å²) in [5, 5.41) is 14.4. The van der Waals surface area contributed by atoms with E-state index in [0.29, 0.717) is 13.1 Å². The van der Waals surface area contributed by atoms with E-state index in [1.165, 1.54) is 12.1 Å². The molecule has 1 aromatic heterocycles. The van der Waals surface area contributed by atoms with Crippen molar-refractivity contribution in [1.82, 2.24) is 4.90 Å². The summed E-state index contributed by atoms with van der Waals surface area (Å²) in [5.41, 5.74) is 1.77. The second-order valence-electron chi connectivity index (χ2n) is 6.05. The Labute approximate surface area is 145 Å². The molecule has 1 saturated heterocycles. The molecule has 1 unspecified atom stereocenters. The molecule has 24 heavy (non-hydrogen) atoms. The van der Waals surface area contributed by atoms with Gasteiger partial charge in [0.1, 0.15) is 5.82 Å². The smallest absolute Gasteiger partial charge is 0.246 e. The summed E-state index contributed by atoms with van der Waals surface area (Å²) in [5.74, 6) is -0.194. The predicted octanol–water partition coefficient (Wildman–Crippen LogP) is 3.87. The number of amides is 1. The fourth-order valence-corrected chi connectivity index (χ4v) is 3.64. The zero-order chi connectivity index (χ0) is 16.9. The number of likely N-dealkylation sites (tertiary alicyclic amines) is 1. The van der Waals surface area contributed by atoms with Crippen molar-refractivity contribution < 1.29 is 14.3 Å². The molecule has 0 spiro atoms. The van der Waals surface area contributed by atoms with Crippen molar-refractivity contribution in [3.8, 4) is 0 Å². The van der Waals surface area contributed by atoms with E-state index in [-0.39, 0.29) is 17.6 Å². The maximum Gasteiger partial charge on any atom is 0.246 e. The van der Waals surface area contributed by atoms with Crippen LogP contribution in [0.1, 0.15) is 30.1 Å². The lowest BCUT2D eigenvalue weighted by Crippen LogP contribution is -2.38. The van der Waals surface area contributed by atoms with Crippen LogP contribution in [0.15, 0.2) is 47.2 Å². The van der Waals surface area contributed by atoms with Crippen LogP contribution in [0.4, 0.5) is 4.39 Å². The zero-order valence-corrected chi connectivity index (χ0v) is 14.1. The number of thiophene rings is 1. The average Bonchev–Trinajstić information content (AvgIpc) is 3.13. The Hall–Kier alpha value is -1.98.